The molecule has 0 heterocycles. The summed E-state index contributed by atoms with van der Waals surface area (Å²) in [5.41, 5.74) is 1.26. The van der Waals surface area contributed by atoms with Gasteiger partial charge in [0.05, 0.1) is 20.3 Å². The number of nitrogens with two attached hydrogens (primary N) is 1. The maximum absolute atomic E-state index is 5.45. The lowest BCUT2D eigenvalue weighted by Gasteiger charge is -2.15. The van der Waals surface area contributed by atoms with E-state index in [4.69, 9.17) is 9.47 Å². The summed E-state index contributed by atoms with van der Waals surface area (Å²) in [6.07, 6.45) is 8.32. The fraction of sp³-hybridized carbons (Fsp3) is 0.625. The highest BCUT2D eigenvalue weighted by Crippen LogP contribution is 2.24. The summed E-state index contributed by atoms with van der Waals surface area (Å²) in [6.45, 7) is 0.998. The third-order valence-corrected chi connectivity index (χ3v) is 4.07. The van der Waals surface area contributed by atoms with Crippen LogP contribution in [0.4, 0.5) is 0 Å². The first-order chi connectivity index (χ1) is 9.33. The second-order valence-electron chi connectivity index (χ2n) is 5.37. The highest BCUT2D eigenvalue weighted by atomic mass is 16.5. The van der Waals surface area contributed by atoms with Gasteiger partial charge in [-0.2, -0.15) is 0 Å². The van der Waals surface area contributed by atoms with Crippen molar-refractivity contribution in [3.05, 3.63) is 23.8 Å². The van der Waals surface area contributed by atoms with Gasteiger partial charge in [0.25, 0.3) is 0 Å². The topological polar surface area (TPSA) is 35.1 Å². The van der Waals surface area contributed by atoms with Gasteiger partial charge in [0.15, 0.2) is 0 Å². The molecule has 0 aliphatic heterocycles. The molecule has 106 valence electrons. The second-order valence-corrected chi connectivity index (χ2v) is 5.37. The van der Waals surface area contributed by atoms with Crippen molar-refractivity contribution in [3.63, 3.8) is 0 Å². The third-order valence-electron chi connectivity index (χ3n) is 4.07. The summed E-state index contributed by atoms with van der Waals surface area (Å²) >= 11 is 0. The van der Waals surface area contributed by atoms with Gasteiger partial charge >= 0.3 is 0 Å². The Kier molecular flexibility index (Phi) is 5.52. The normalized spacial score (nSPS) is 16.9. The Morgan fingerprint density at radius 1 is 1.05 bits per heavy atom. The average molecular weight is 264 g/mol. The van der Waals surface area contributed by atoms with Gasteiger partial charge in [0.2, 0.25) is 0 Å². The van der Waals surface area contributed by atoms with Crippen LogP contribution >= 0.6 is 0 Å². The first kappa shape index (κ1) is 14.2. The van der Waals surface area contributed by atoms with Crippen molar-refractivity contribution in [1.82, 2.24) is 0 Å². The Labute approximate surface area is 116 Å². The zero-order chi connectivity index (χ0) is 13.5. The molecule has 0 unspecified atom stereocenters. The number of benzene rings is 1. The van der Waals surface area contributed by atoms with E-state index < -0.39 is 0 Å². The molecular formula is C16H26NO2+. The SMILES string of the molecule is COc1ccc(C[NH2+]C2CCCCCC2)c(OC)c1. The fourth-order valence-corrected chi connectivity index (χ4v) is 2.86. The molecule has 19 heavy (non-hydrogen) atoms. The number of hydrogen-bond donors (Lipinski definition) is 1. The number of ether oxygens (including phenoxy) is 2. The molecule has 1 aliphatic rings. The van der Waals surface area contributed by atoms with Crippen LogP contribution < -0.4 is 14.8 Å². The van der Waals surface area contributed by atoms with Gasteiger partial charge in [-0.25, -0.2) is 0 Å². The highest BCUT2D eigenvalue weighted by molar-refractivity contribution is 5.40. The van der Waals surface area contributed by atoms with Crippen LogP contribution in [0.3, 0.4) is 0 Å². The molecule has 2 N–H and O–H groups in total. The van der Waals surface area contributed by atoms with Crippen LogP contribution in [0.2, 0.25) is 0 Å². The van der Waals surface area contributed by atoms with Crippen molar-refractivity contribution in [3.8, 4) is 11.5 Å². The van der Waals surface area contributed by atoms with E-state index >= 15 is 0 Å². The van der Waals surface area contributed by atoms with E-state index in [0.717, 1.165) is 24.1 Å². The summed E-state index contributed by atoms with van der Waals surface area (Å²) in [7, 11) is 3.41. The van der Waals surface area contributed by atoms with Crippen LogP contribution in [0, 0.1) is 0 Å². The van der Waals surface area contributed by atoms with Gasteiger partial charge in [-0.15, -0.1) is 0 Å². The fourth-order valence-electron chi connectivity index (χ4n) is 2.86. The molecule has 3 nitrogen and oxygen atoms in total. The van der Waals surface area contributed by atoms with E-state index in [1.54, 1.807) is 14.2 Å². The molecule has 0 amide bonds. The van der Waals surface area contributed by atoms with Gasteiger partial charge in [0.1, 0.15) is 18.0 Å². The monoisotopic (exact) mass is 264 g/mol. The summed E-state index contributed by atoms with van der Waals surface area (Å²) < 4.78 is 10.7. The van der Waals surface area contributed by atoms with Crippen LogP contribution in [-0.2, 0) is 6.54 Å². The van der Waals surface area contributed by atoms with Crippen molar-refractivity contribution in [1.29, 1.82) is 0 Å². The lowest BCUT2D eigenvalue weighted by Crippen LogP contribution is -2.88. The molecule has 1 fully saturated rings. The molecule has 0 aromatic heterocycles. The quantitative estimate of drug-likeness (QED) is 0.829. The molecule has 3 heteroatoms. The van der Waals surface area contributed by atoms with E-state index in [-0.39, 0.29) is 0 Å². The Hall–Kier alpha value is -1.22. The van der Waals surface area contributed by atoms with Crippen molar-refractivity contribution in [2.24, 2.45) is 0 Å². The van der Waals surface area contributed by atoms with Gasteiger partial charge < -0.3 is 14.8 Å². The molecule has 0 spiro atoms. The Bertz CT molecular complexity index is 384. The Balaban J connectivity index is 1.94. The maximum Gasteiger partial charge on any atom is 0.131 e. The molecule has 1 saturated carbocycles. The Morgan fingerprint density at radius 2 is 1.79 bits per heavy atom. The van der Waals surface area contributed by atoms with Crippen molar-refractivity contribution in [2.45, 2.75) is 51.1 Å². The molecule has 1 aliphatic carbocycles. The molecule has 2 rings (SSSR count). The lowest BCUT2D eigenvalue weighted by molar-refractivity contribution is -0.705. The average Bonchev–Trinajstić information content (AvgIpc) is 2.73. The minimum atomic E-state index is 0.786. The zero-order valence-electron chi connectivity index (χ0n) is 12.2. The summed E-state index contributed by atoms with van der Waals surface area (Å²) in [4.78, 5) is 0. The highest BCUT2D eigenvalue weighted by Gasteiger charge is 2.16. The lowest BCUT2D eigenvalue weighted by atomic mass is 10.1. The van der Waals surface area contributed by atoms with Gasteiger partial charge in [-0.3, -0.25) is 0 Å². The molecule has 1 aromatic rings. The smallest absolute Gasteiger partial charge is 0.131 e. The third kappa shape index (κ3) is 4.13. The molecule has 0 atom stereocenters. The summed E-state index contributed by atoms with van der Waals surface area (Å²) in [5.74, 6) is 1.79. The van der Waals surface area contributed by atoms with E-state index in [2.05, 4.69) is 11.4 Å². The van der Waals surface area contributed by atoms with Crippen LogP contribution in [0.25, 0.3) is 0 Å². The largest absolute Gasteiger partial charge is 0.497 e. The van der Waals surface area contributed by atoms with E-state index in [1.165, 1.54) is 44.1 Å². The molecule has 0 bridgehead atoms. The molecule has 0 saturated heterocycles. The van der Waals surface area contributed by atoms with Crippen LogP contribution in [0.15, 0.2) is 18.2 Å². The number of hydrogen-bond acceptors (Lipinski definition) is 2. The second kappa shape index (κ2) is 7.39. The van der Waals surface area contributed by atoms with E-state index in [9.17, 15) is 0 Å². The van der Waals surface area contributed by atoms with Crippen molar-refractivity contribution < 1.29 is 14.8 Å². The van der Waals surface area contributed by atoms with E-state index in [0.29, 0.717) is 0 Å². The van der Waals surface area contributed by atoms with Crippen LogP contribution in [-0.4, -0.2) is 20.3 Å². The minimum absolute atomic E-state index is 0.786. The van der Waals surface area contributed by atoms with Crippen molar-refractivity contribution in [2.75, 3.05) is 14.2 Å². The summed E-state index contributed by atoms with van der Waals surface area (Å²) in [6, 6.07) is 6.88. The standard InChI is InChI=1S/C16H25NO2/c1-18-15-10-9-13(16(11-15)19-2)12-17-14-7-5-3-4-6-8-14/h9-11,14,17H,3-8,12H2,1-2H3/p+1. The van der Waals surface area contributed by atoms with Gasteiger partial charge in [0, 0.05) is 11.6 Å². The first-order valence-corrected chi connectivity index (χ1v) is 7.37. The number of methoxy groups -OCH3 is 2. The molecule has 1 aromatic carbocycles. The Morgan fingerprint density at radius 3 is 2.42 bits per heavy atom. The predicted molar refractivity (Wildman–Crippen MR) is 76.7 cm³/mol. The predicted octanol–water partition coefficient (Wildman–Crippen LogP) is 2.49. The molecular weight excluding hydrogens is 238 g/mol. The van der Waals surface area contributed by atoms with Crippen molar-refractivity contribution >= 4 is 0 Å². The van der Waals surface area contributed by atoms with Crippen LogP contribution in [0.5, 0.6) is 11.5 Å². The minimum Gasteiger partial charge on any atom is -0.497 e. The first-order valence-electron chi connectivity index (χ1n) is 7.37. The molecule has 0 radical (unpaired) electrons. The van der Waals surface area contributed by atoms with E-state index in [1.807, 2.05) is 12.1 Å². The van der Waals surface area contributed by atoms with Gasteiger partial charge in [-0.05, 0) is 37.8 Å². The van der Waals surface area contributed by atoms with Gasteiger partial charge in [-0.1, -0.05) is 12.8 Å². The number of rotatable bonds is 5. The maximum atomic E-state index is 5.45. The summed E-state index contributed by atoms with van der Waals surface area (Å²) in [5, 5.41) is 2.48. The number of quaternary nitrogens is 1. The zero-order valence-corrected chi connectivity index (χ0v) is 12.2. The van der Waals surface area contributed by atoms with Crippen LogP contribution in [0.1, 0.15) is 44.1 Å².